The molecule has 3 nitrogen and oxygen atoms in total. The van der Waals surface area contributed by atoms with Gasteiger partial charge in [-0.1, -0.05) is 6.42 Å². The van der Waals surface area contributed by atoms with E-state index in [0.29, 0.717) is 11.8 Å². The van der Waals surface area contributed by atoms with Crippen molar-refractivity contribution < 1.29 is 4.79 Å². The molecular weight excluding hydrogens is 188 g/mol. The first-order chi connectivity index (χ1) is 7.24. The van der Waals surface area contributed by atoms with Crippen LogP contribution in [-0.4, -0.2) is 37.0 Å². The fraction of sp³-hybridized carbons (Fsp3) is 0.917. The Morgan fingerprint density at radius 3 is 2.87 bits per heavy atom. The molecule has 0 aromatic rings. The summed E-state index contributed by atoms with van der Waals surface area (Å²) < 4.78 is 0. The molecular formula is C12H22N2O. The second kappa shape index (κ2) is 4.12. The van der Waals surface area contributed by atoms with Crippen molar-refractivity contribution in [3.63, 3.8) is 0 Å². The van der Waals surface area contributed by atoms with Crippen molar-refractivity contribution in [1.82, 2.24) is 10.2 Å². The molecule has 2 atom stereocenters. The van der Waals surface area contributed by atoms with Crippen LogP contribution in [0.15, 0.2) is 0 Å². The van der Waals surface area contributed by atoms with Gasteiger partial charge in [-0.15, -0.1) is 0 Å². The summed E-state index contributed by atoms with van der Waals surface area (Å²) in [6.07, 6.45) is 3.57. The zero-order valence-electron chi connectivity index (χ0n) is 9.88. The number of nitrogens with zero attached hydrogens (tertiary/aromatic N) is 1. The molecule has 0 bridgehead atoms. The molecule has 1 amide bonds. The Balaban J connectivity index is 2.17. The minimum Gasteiger partial charge on any atom is -0.343 e. The normalized spacial score (nSPS) is 34.1. The fourth-order valence-electron chi connectivity index (χ4n) is 3.33. The maximum Gasteiger partial charge on any atom is 0.230 e. The third-order valence-electron chi connectivity index (χ3n) is 4.26. The predicted octanol–water partition coefficient (Wildman–Crippen LogP) is 1.24. The highest BCUT2D eigenvalue weighted by Crippen LogP contribution is 2.46. The topological polar surface area (TPSA) is 32.3 Å². The number of amides is 1. The van der Waals surface area contributed by atoms with Crippen molar-refractivity contribution in [2.24, 2.45) is 11.3 Å². The van der Waals surface area contributed by atoms with Crippen molar-refractivity contribution in [3.05, 3.63) is 0 Å². The van der Waals surface area contributed by atoms with Crippen molar-refractivity contribution in [2.75, 3.05) is 26.2 Å². The van der Waals surface area contributed by atoms with Gasteiger partial charge in [0.15, 0.2) is 0 Å². The van der Waals surface area contributed by atoms with E-state index in [1.807, 2.05) is 4.90 Å². The van der Waals surface area contributed by atoms with Gasteiger partial charge in [-0.25, -0.2) is 0 Å². The number of carbonyl (C=O) groups excluding carboxylic acids is 1. The van der Waals surface area contributed by atoms with Gasteiger partial charge in [-0.3, -0.25) is 4.79 Å². The molecule has 1 aliphatic heterocycles. The molecule has 86 valence electrons. The van der Waals surface area contributed by atoms with E-state index in [2.05, 4.69) is 19.2 Å². The number of nitrogens with one attached hydrogen (secondary N) is 1. The van der Waals surface area contributed by atoms with E-state index in [1.54, 1.807) is 0 Å². The second-order valence-corrected chi connectivity index (χ2v) is 4.85. The lowest BCUT2D eigenvalue weighted by Crippen LogP contribution is -2.46. The highest BCUT2D eigenvalue weighted by Gasteiger charge is 2.52. The zero-order valence-corrected chi connectivity index (χ0v) is 9.88. The molecule has 0 spiro atoms. The van der Waals surface area contributed by atoms with Crippen LogP contribution in [0.5, 0.6) is 0 Å². The van der Waals surface area contributed by atoms with Crippen molar-refractivity contribution in [1.29, 1.82) is 0 Å². The van der Waals surface area contributed by atoms with Crippen LogP contribution in [0.25, 0.3) is 0 Å². The lowest BCUT2D eigenvalue weighted by molar-refractivity contribution is -0.142. The SMILES string of the molecule is CCN(CC)C(=O)[C@@]12CCC[C@@H]1CNC2. The van der Waals surface area contributed by atoms with Crippen LogP contribution in [0.1, 0.15) is 33.1 Å². The van der Waals surface area contributed by atoms with E-state index in [0.717, 1.165) is 32.6 Å². The Morgan fingerprint density at radius 2 is 2.20 bits per heavy atom. The van der Waals surface area contributed by atoms with Gasteiger partial charge >= 0.3 is 0 Å². The Labute approximate surface area is 92.2 Å². The summed E-state index contributed by atoms with van der Waals surface area (Å²) in [5.41, 5.74) is -0.0357. The summed E-state index contributed by atoms with van der Waals surface area (Å²) in [7, 11) is 0. The maximum atomic E-state index is 12.5. The first-order valence-corrected chi connectivity index (χ1v) is 6.24. The molecule has 3 heteroatoms. The van der Waals surface area contributed by atoms with E-state index < -0.39 is 0 Å². The fourth-order valence-corrected chi connectivity index (χ4v) is 3.33. The van der Waals surface area contributed by atoms with Crippen LogP contribution in [0.2, 0.25) is 0 Å². The molecule has 2 rings (SSSR count). The molecule has 15 heavy (non-hydrogen) atoms. The first kappa shape index (κ1) is 10.9. The molecule has 0 aromatic carbocycles. The van der Waals surface area contributed by atoms with Crippen LogP contribution in [0.3, 0.4) is 0 Å². The lowest BCUT2D eigenvalue weighted by Gasteiger charge is -2.33. The van der Waals surface area contributed by atoms with E-state index >= 15 is 0 Å². The van der Waals surface area contributed by atoms with E-state index in [-0.39, 0.29) is 5.41 Å². The second-order valence-electron chi connectivity index (χ2n) is 4.85. The third kappa shape index (κ3) is 1.57. The van der Waals surface area contributed by atoms with Gasteiger partial charge in [0.05, 0.1) is 5.41 Å². The summed E-state index contributed by atoms with van der Waals surface area (Å²) in [5, 5.41) is 3.40. The highest BCUT2D eigenvalue weighted by molar-refractivity contribution is 5.84. The molecule has 0 aromatic heterocycles. The Kier molecular flexibility index (Phi) is 3.01. The molecule has 0 radical (unpaired) electrons. The van der Waals surface area contributed by atoms with Gasteiger partial charge in [0, 0.05) is 19.6 Å². The van der Waals surface area contributed by atoms with Crippen molar-refractivity contribution in [3.8, 4) is 0 Å². The molecule has 1 saturated carbocycles. The zero-order chi connectivity index (χ0) is 10.9. The van der Waals surface area contributed by atoms with Gasteiger partial charge < -0.3 is 10.2 Å². The summed E-state index contributed by atoms with van der Waals surface area (Å²) >= 11 is 0. The van der Waals surface area contributed by atoms with Crippen LogP contribution in [0.4, 0.5) is 0 Å². The number of rotatable bonds is 3. The Hall–Kier alpha value is -0.570. The molecule has 1 heterocycles. The molecule has 0 unspecified atom stereocenters. The number of hydrogen-bond donors (Lipinski definition) is 1. The monoisotopic (exact) mass is 210 g/mol. The van der Waals surface area contributed by atoms with Crippen LogP contribution >= 0.6 is 0 Å². The minimum absolute atomic E-state index is 0.0357. The smallest absolute Gasteiger partial charge is 0.230 e. The van der Waals surface area contributed by atoms with Crippen LogP contribution in [-0.2, 0) is 4.79 Å². The lowest BCUT2D eigenvalue weighted by atomic mass is 9.79. The molecule has 1 aliphatic carbocycles. The molecule has 2 fully saturated rings. The van der Waals surface area contributed by atoms with Gasteiger partial charge in [-0.2, -0.15) is 0 Å². The van der Waals surface area contributed by atoms with Crippen molar-refractivity contribution >= 4 is 5.91 Å². The third-order valence-corrected chi connectivity index (χ3v) is 4.26. The minimum atomic E-state index is -0.0357. The van der Waals surface area contributed by atoms with E-state index in [4.69, 9.17) is 0 Å². The Morgan fingerprint density at radius 1 is 1.47 bits per heavy atom. The van der Waals surface area contributed by atoms with E-state index in [1.165, 1.54) is 12.8 Å². The highest BCUT2D eigenvalue weighted by atomic mass is 16.2. The quantitative estimate of drug-likeness (QED) is 0.760. The predicted molar refractivity (Wildman–Crippen MR) is 60.6 cm³/mol. The van der Waals surface area contributed by atoms with Crippen molar-refractivity contribution in [2.45, 2.75) is 33.1 Å². The Bertz CT molecular complexity index is 238. The number of fused-ring (bicyclic) bond motifs is 1. The average molecular weight is 210 g/mol. The van der Waals surface area contributed by atoms with Crippen LogP contribution < -0.4 is 5.32 Å². The number of carbonyl (C=O) groups is 1. The largest absolute Gasteiger partial charge is 0.343 e. The van der Waals surface area contributed by atoms with Gasteiger partial charge in [0.1, 0.15) is 0 Å². The standard InChI is InChI=1S/C12H22N2O/c1-3-14(4-2)11(15)12-7-5-6-10(12)8-13-9-12/h10,13H,3-9H2,1-2H3/t10-,12-/m1/s1. The van der Waals surface area contributed by atoms with Gasteiger partial charge in [-0.05, 0) is 39.2 Å². The summed E-state index contributed by atoms with van der Waals surface area (Å²) in [6, 6.07) is 0. The number of hydrogen-bond acceptors (Lipinski definition) is 2. The maximum absolute atomic E-state index is 12.5. The van der Waals surface area contributed by atoms with E-state index in [9.17, 15) is 4.79 Å². The average Bonchev–Trinajstić information content (AvgIpc) is 2.77. The molecule has 1 N–H and O–H groups in total. The van der Waals surface area contributed by atoms with Crippen LogP contribution in [0, 0.1) is 11.3 Å². The van der Waals surface area contributed by atoms with Gasteiger partial charge in [0.25, 0.3) is 0 Å². The molecule has 1 saturated heterocycles. The molecule has 2 aliphatic rings. The first-order valence-electron chi connectivity index (χ1n) is 6.24. The summed E-state index contributed by atoms with van der Waals surface area (Å²) in [4.78, 5) is 14.5. The van der Waals surface area contributed by atoms with Gasteiger partial charge in [0.2, 0.25) is 5.91 Å². The summed E-state index contributed by atoms with van der Waals surface area (Å²) in [6.45, 7) is 7.81. The summed E-state index contributed by atoms with van der Waals surface area (Å²) in [5.74, 6) is 1.01.